The van der Waals surface area contributed by atoms with Gasteiger partial charge < -0.3 is 10.2 Å². The molecule has 1 aromatic rings. The molecule has 0 radical (unpaired) electrons. The van der Waals surface area contributed by atoms with Crippen molar-refractivity contribution in [3.05, 3.63) is 30.1 Å². The maximum Gasteiger partial charge on any atom is 0.318 e. The molecular formula is C13H21N3O. The molecule has 0 aromatic carbocycles. The third-order valence-electron chi connectivity index (χ3n) is 2.23. The molecule has 0 fully saturated rings. The van der Waals surface area contributed by atoms with Crippen LogP contribution in [-0.2, 0) is 6.54 Å². The van der Waals surface area contributed by atoms with Crippen LogP contribution < -0.4 is 5.32 Å². The van der Waals surface area contributed by atoms with Crippen molar-refractivity contribution in [2.45, 2.75) is 39.8 Å². The van der Waals surface area contributed by atoms with Gasteiger partial charge in [0.05, 0.1) is 12.2 Å². The Balaban J connectivity index is 2.63. The van der Waals surface area contributed by atoms with Gasteiger partial charge in [-0.15, -0.1) is 0 Å². The molecule has 1 heterocycles. The van der Waals surface area contributed by atoms with Crippen molar-refractivity contribution in [2.75, 3.05) is 6.54 Å². The largest absolute Gasteiger partial charge is 0.333 e. The normalized spacial score (nSPS) is 11.1. The highest BCUT2D eigenvalue weighted by Crippen LogP contribution is 2.05. The quantitative estimate of drug-likeness (QED) is 0.874. The summed E-state index contributed by atoms with van der Waals surface area (Å²) >= 11 is 0. The molecule has 0 spiro atoms. The maximum atomic E-state index is 12.0. The first-order valence-corrected chi connectivity index (χ1v) is 5.89. The molecule has 0 aliphatic carbocycles. The summed E-state index contributed by atoms with van der Waals surface area (Å²) in [5, 5.41) is 2.95. The van der Waals surface area contributed by atoms with Crippen molar-refractivity contribution >= 4 is 6.03 Å². The minimum Gasteiger partial charge on any atom is -0.333 e. The summed E-state index contributed by atoms with van der Waals surface area (Å²) in [6, 6.07) is 5.67. The monoisotopic (exact) mass is 235 g/mol. The lowest BCUT2D eigenvalue weighted by Gasteiger charge is -2.27. The zero-order valence-electron chi connectivity index (χ0n) is 11.0. The van der Waals surface area contributed by atoms with Gasteiger partial charge in [0.2, 0.25) is 0 Å². The number of carbonyl (C=O) groups is 1. The summed E-state index contributed by atoms with van der Waals surface area (Å²) in [5.74, 6) is 0. The van der Waals surface area contributed by atoms with Gasteiger partial charge in [-0.1, -0.05) is 6.07 Å². The van der Waals surface area contributed by atoms with E-state index in [0.29, 0.717) is 13.1 Å². The fourth-order valence-corrected chi connectivity index (χ4v) is 1.41. The number of urea groups is 1. The first-order chi connectivity index (χ1) is 7.92. The zero-order valence-corrected chi connectivity index (χ0v) is 11.0. The summed E-state index contributed by atoms with van der Waals surface area (Å²) in [7, 11) is 0. The van der Waals surface area contributed by atoms with Gasteiger partial charge in [-0.3, -0.25) is 4.98 Å². The maximum absolute atomic E-state index is 12.0. The van der Waals surface area contributed by atoms with Gasteiger partial charge in [0.1, 0.15) is 0 Å². The SMILES string of the molecule is CCN(Cc1ccccn1)C(=O)NC(C)(C)C. The lowest BCUT2D eigenvalue weighted by Crippen LogP contribution is -2.48. The summed E-state index contributed by atoms with van der Waals surface area (Å²) in [6.07, 6.45) is 1.74. The zero-order chi connectivity index (χ0) is 12.9. The highest BCUT2D eigenvalue weighted by Gasteiger charge is 2.18. The van der Waals surface area contributed by atoms with E-state index in [4.69, 9.17) is 0 Å². The second-order valence-corrected chi connectivity index (χ2v) is 5.02. The Morgan fingerprint density at radius 2 is 2.12 bits per heavy atom. The van der Waals surface area contributed by atoms with Crippen LogP contribution in [0.1, 0.15) is 33.4 Å². The molecule has 0 atom stereocenters. The molecule has 0 bridgehead atoms. The Morgan fingerprint density at radius 1 is 1.41 bits per heavy atom. The molecule has 17 heavy (non-hydrogen) atoms. The molecule has 94 valence electrons. The van der Waals surface area contributed by atoms with E-state index in [1.165, 1.54) is 0 Å². The van der Waals surface area contributed by atoms with E-state index in [1.807, 2.05) is 45.9 Å². The van der Waals surface area contributed by atoms with Crippen molar-refractivity contribution in [3.8, 4) is 0 Å². The number of amides is 2. The van der Waals surface area contributed by atoms with Crippen LogP contribution >= 0.6 is 0 Å². The Bertz CT molecular complexity index is 357. The molecule has 0 saturated carbocycles. The Labute approximate surface area is 103 Å². The number of pyridine rings is 1. The van der Waals surface area contributed by atoms with Crippen molar-refractivity contribution in [1.29, 1.82) is 0 Å². The average Bonchev–Trinajstić information content (AvgIpc) is 2.24. The second kappa shape index (κ2) is 5.66. The minimum atomic E-state index is -0.214. The molecule has 4 nitrogen and oxygen atoms in total. The van der Waals surface area contributed by atoms with E-state index in [9.17, 15) is 4.79 Å². The molecule has 1 rings (SSSR count). The highest BCUT2D eigenvalue weighted by atomic mass is 16.2. The van der Waals surface area contributed by atoms with E-state index in [-0.39, 0.29) is 11.6 Å². The van der Waals surface area contributed by atoms with Crippen molar-refractivity contribution in [3.63, 3.8) is 0 Å². The molecule has 0 aliphatic rings. The standard InChI is InChI=1S/C13H21N3O/c1-5-16(12(17)15-13(2,3)4)10-11-8-6-7-9-14-11/h6-9H,5,10H2,1-4H3,(H,15,17). The van der Waals surface area contributed by atoms with Crippen LogP contribution in [0.3, 0.4) is 0 Å². The highest BCUT2D eigenvalue weighted by molar-refractivity contribution is 5.74. The van der Waals surface area contributed by atoms with Crippen LogP contribution in [0, 0.1) is 0 Å². The third-order valence-corrected chi connectivity index (χ3v) is 2.23. The molecule has 0 aliphatic heterocycles. The lowest BCUT2D eigenvalue weighted by molar-refractivity contribution is 0.188. The Kier molecular flexibility index (Phi) is 4.49. The summed E-state index contributed by atoms with van der Waals surface area (Å²) < 4.78 is 0. The van der Waals surface area contributed by atoms with Crippen molar-refractivity contribution in [2.24, 2.45) is 0 Å². The van der Waals surface area contributed by atoms with Crippen molar-refractivity contribution < 1.29 is 4.79 Å². The fraction of sp³-hybridized carbons (Fsp3) is 0.538. The van der Waals surface area contributed by atoms with Crippen LogP contribution in [0.2, 0.25) is 0 Å². The van der Waals surface area contributed by atoms with Gasteiger partial charge in [0.25, 0.3) is 0 Å². The van der Waals surface area contributed by atoms with Gasteiger partial charge in [0, 0.05) is 18.3 Å². The predicted octanol–water partition coefficient (Wildman–Crippen LogP) is 2.41. The third kappa shape index (κ3) is 4.85. The molecule has 1 N–H and O–H groups in total. The van der Waals surface area contributed by atoms with Crippen molar-refractivity contribution in [1.82, 2.24) is 15.2 Å². The number of rotatable bonds is 3. The average molecular weight is 235 g/mol. The van der Waals surface area contributed by atoms with Gasteiger partial charge in [0.15, 0.2) is 0 Å². The Morgan fingerprint density at radius 3 is 2.59 bits per heavy atom. The smallest absolute Gasteiger partial charge is 0.318 e. The molecule has 4 heteroatoms. The molecule has 2 amide bonds. The van der Waals surface area contributed by atoms with Crippen LogP contribution in [0.5, 0.6) is 0 Å². The lowest BCUT2D eigenvalue weighted by atomic mass is 10.1. The van der Waals surface area contributed by atoms with E-state index in [1.54, 1.807) is 11.1 Å². The van der Waals surface area contributed by atoms with Gasteiger partial charge in [-0.2, -0.15) is 0 Å². The van der Waals surface area contributed by atoms with Gasteiger partial charge in [-0.05, 0) is 39.8 Å². The topological polar surface area (TPSA) is 45.2 Å². The summed E-state index contributed by atoms with van der Waals surface area (Å²) in [5.41, 5.74) is 0.688. The molecular weight excluding hydrogens is 214 g/mol. The van der Waals surface area contributed by atoms with E-state index in [0.717, 1.165) is 5.69 Å². The van der Waals surface area contributed by atoms with E-state index < -0.39 is 0 Å². The number of aromatic nitrogens is 1. The van der Waals surface area contributed by atoms with E-state index in [2.05, 4.69) is 10.3 Å². The number of hydrogen-bond donors (Lipinski definition) is 1. The minimum absolute atomic E-state index is 0.0503. The summed E-state index contributed by atoms with van der Waals surface area (Å²) in [4.78, 5) is 17.9. The van der Waals surface area contributed by atoms with Crippen LogP contribution in [-0.4, -0.2) is 28.0 Å². The fourth-order valence-electron chi connectivity index (χ4n) is 1.41. The summed E-state index contributed by atoms with van der Waals surface area (Å²) in [6.45, 7) is 9.08. The second-order valence-electron chi connectivity index (χ2n) is 5.02. The number of nitrogens with one attached hydrogen (secondary N) is 1. The van der Waals surface area contributed by atoms with Gasteiger partial charge >= 0.3 is 6.03 Å². The molecule has 1 aromatic heterocycles. The Hall–Kier alpha value is -1.58. The van der Waals surface area contributed by atoms with Crippen LogP contribution in [0.4, 0.5) is 4.79 Å². The molecule has 0 saturated heterocycles. The predicted molar refractivity (Wildman–Crippen MR) is 68.6 cm³/mol. The van der Waals surface area contributed by atoms with Gasteiger partial charge in [-0.25, -0.2) is 4.79 Å². The first kappa shape index (κ1) is 13.5. The van der Waals surface area contributed by atoms with Crippen LogP contribution in [0.15, 0.2) is 24.4 Å². The number of nitrogens with zero attached hydrogens (tertiary/aromatic N) is 2. The van der Waals surface area contributed by atoms with E-state index >= 15 is 0 Å². The number of hydrogen-bond acceptors (Lipinski definition) is 2. The molecule has 0 unspecified atom stereocenters. The van der Waals surface area contributed by atoms with Crippen LogP contribution in [0.25, 0.3) is 0 Å². The first-order valence-electron chi connectivity index (χ1n) is 5.89. The number of carbonyl (C=O) groups excluding carboxylic acids is 1.